The molecule has 1 saturated carbocycles. The highest BCUT2D eigenvalue weighted by molar-refractivity contribution is 6.04. The van der Waals surface area contributed by atoms with Crippen LogP contribution in [-0.2, 0) is 0 Å². The molecular weight excluding hydrogens is 504 g/mol. The van der Waals surface area contributed by atoms with E-state index in [-0.39, 0.29) is 28.9 Å². The van der Waals surface area contributed by atoms with Gasteiger partial charge in [-0.1, -0.05) is 18.2 Å². The second kappa shape index (κ2) is 10.2. The Hall–Kier alpha value is -4.80. The molecule has 0 atom stereocenters. The molecule has 0 bridgehead atoms. The zero-order chi connectivity index (χ0) is 26.9. The van der Waals surface area contributed by atoms with Gasteiger partial charge < -0.3 is 10.1 Å². The quantitative estimate of drug-likeness (QED) is 0.329. The Morgan fingerprint density at radius 1 is 1.03 bits per heavy atom. The molecule has 0 spiro atoms. The second-order valence-corrected chi connectivity index (χ2v) is 9.19. The number of aromatic nitrogens is 6. The first-order valence-corrected chi connectivity index (χ1v) is 12.5. The molecule has 0 radical (unpaired) electrons. The van der Waals surface area contributed by atoms with Crippen LogP contribution in [0.15, 0.2) is 67.0 Å². The van der Waals surface area contributed by atoms with Crippen LogP contribution in [0.5, 0.6) is 5.75 Å². The number of hydrogen-bond donors (Lipinski definition) is 1. The van der Waals surface area contributed by atoms with E-state index in [1.807, 2.05) is 6.92 Å². The molecule has 3 heterocycles. The number of hydrogen-bond acceptors (Lipinski definition) is 7. The van der Waals surface area contributed by atoms with Crippen LogP contribution < -0.4 is 10.1 Å². The van der Waals surface area contributed by atoms with Gasteiger partial charge in [-0.3, -0.25) is 9.36 Å². The Balaban J connectivity index is 1.25. The minimum Gasteiger partial charge on any atom is -0.492 e. The highest BCUT2D eigenvalue weighted by Crippen LogP contribution is 2.39. The molecule has 196 valence electrons. The number of nitrogens with one attached hydrogen (secondary N) is 1. The fourth-order valence-electron chi connectivity index (χ4n) is 4.77. The van der Waals surface area contributed by atoms with E-state index in [2.05, 4.69) is 30.5 Å². The lowest BCUT2D eigenvalue weighted by Crippen LogP contribution is -2.44. The van der Waals surface area contributed by atoms with Crippen LogP contribution in [-0.4, -0.2) is 48.3 Å². The van der Waals surface area contributed by atoms with Gasteiger partial charge in [-0.05, 0) is 56.2 Å². The van der Waals surface area contributed by atoms with E-state index in [0.717, 1.165) is 6.20 Å². The van der Waals surface area contributed by atoms with Crippen LogP contribution in [0, 0.1) is 11.8 Å². The zero-order valence-corrected chi connectivity index (χ0v) is 20.9. The summed E-state index contributed by atoms with van der Waals surface area (Å²) in [4.78, 5) is 25.3. The summed E-state index contributed by atoms with van der Waals surface area (Å²) in [5, 5.41) is 11.8. The smallest absolute Gasteiger partial charge is 0.253 e. The Labute approximate surface area is 221 Å². The molecule has 0 unspecified atom stereocenters. The van der Waals surface area contributed by atoms with Crippen LogP contribution in [0.3, 0.4) is 0 Å². The van der Waals surface area contributed by atoms with E-state index < -0.39 is 11.8 Å². The van der Waals surface area contributed by atoms with Crippen molar-refractivity contribution in [1.82, 2.24) is 35.0 Å². The fraction of sp³-hybridized carbons (Fsp3) is 0.214. The number of fused-ring (bicyclic) bond motifs is 1. The van der Waals surface area contributed by atoms with Crippen molar-refractivity contribution in [2.45, 2.75) is 31.7 Å². The van der Waals surface area contributed by atoms with Gasteiger partial charge >= 0.3 is 0 Å². The molecule has 2 aromatic carbocycles. The molecule has 6 rings (SSSR count). The van der Waals surface area contributed by atoms with Crippen molar-refractivity contribution in [2.24, 2.45) is 0 Å². The van der Waals surface area contributed by atoms with Crippen LogP contribution in [0.1, 0.15) is 41.9 Å². The fourth-order valence-corrected chi connectivity index (χ4v) is 4.77. The van der Waals surface area contributed by atoms with Crippen LogP contribution in [0.25, 0.3) is 28.2 Å². The first-order valence-electron chi connectivity index (χ1n) is 12.5. The third kappa shape index (κ3) is 4.67. The normalized spacial score (nSPS) is 16.6. The average Bonchev–Trinajstić information content (AvgIpc) is 3.35. The Morgan fingerprint density at radius 2 is 1.87 bits per heavy atom. The number of rotatable bonds is 7. The van der Waals surface area contributed by atoms with E-state index in [1.54, 1.807) is 59.3 Å². The lowest BCUT2D eigenvalue weighted by Gasteiger charge is -2.35. The van der Waals surface area contributed by atoms with Gasteiger partial charge in [0.15, 0.2) is 5.82 Å². The summed E-state index contributed by atoms with van der Waals surface area (Å²) < 4.78 is 35.8. The number of benzene rings is 2. The van der Waals surface area contributed by atoms with Crippen molar-refractivity contribution in [3.8, 4) is 23.0 Å². The van der Waals surface area contributed by atoms with E-state index in [4.69, 9.17) is 4.74 Å². The summed E-state index contributed by atoms with van der Waals surface area (Å²) in [6.45, 7) is 2.40. The molecule has 3 aromatic heterocycles. The third-order valence-electron chi connectivity index (χ3n) is 6.68. The van der Waals surface area contributed by atoms with Crippen LogP contribution in [0.2, 0.25) is 0 Å². The van der Waals surface area contributed by atoms with Gasteiger partial charge in [0.1, 0.15) is 28.6 Å². The van der Waals surface area contributed by atoms with Gasteiger partial charge in [-0.2, -0.15) is 4.39 Å². The van der Waals surface area contributed by atoms with Gasteiger partial charge in [-0.25, -0.2) is 19.3 Å². The topological polar surface area (TPSA) is 108 Å². The largest absolute Gasteiger partial charge is 0.492 e. The minimum absolute atomic E-state index is 0.0800. The van der Waals surface area contributed by atoms with Gasteiger partial charge in [0, 0.05) is 12.0 Å². The number of carbonyl (C=O) groups is 1. The van der Waals surface area contributed by atoms with E-state index in [0.29, 0.717) is 53.7 Å². The molecular formula is C28H23F2N7O2. The molecule has 1 amide bonds. The van der Waals surface area contributed by atoms with Gasteiger partial charge in [-0.15, -0.1) is 10.2 Å². The minimum atomic E-state index is -0.753. The van der Waals surface area contributed by atoms with Crippen molar-refractivity contribution in [3.05, 3.63) is 90.1 Å². The maximum Gasteiger partial charge on any atom is 0.253 e. The third-order valence-corrected chi connectivity index (χ3v) is 6.68. The number of nitrogens with zero attached hydrogens (tertiary/aromatic N) is 6. The number of carbonyl (C=O) groups excluding carboxylic acids is 1. The molecule has 1 N–H and O–H groups in total. The second-order valence-electron chi connectivity index (χ2n) is 9.19. The highest BCUT2D eigenvalue weighted by Gasteiger charge is 2.37. The molecule has 0 aliphatic heterocycles. The lowest BCUT2D eigenvalue weighted by atomic mass is 9.79. The summed E-state index contributed by atoms with van der Waals surface area (Å²) in [5.74, 6) is -0.00864. The van der Waals surface area contributed by atoms with E-state index in [9.17, 15) is 13.6 Å². The van der Waals surface area contributed by atoms with Gasteiger partial charge in [0.2, 0.25) is 5.95 Å². The number of halogens is 2. The Morgan fingerprint density at radius 3 is 2.64 bits per heavy atom. The molecule has 11 heteroatoms. The zero-order valence-electron chi connectivity index (χ0n) is 20.9. The molecule has 1 aliphatic carbocycles. The predicted octanol–water partition coefficient (Wildman–Crippen LogP) is 4.63. The SMILES string of the molecule is CCOc1ccc(-c2nnc(C3CC(NC(=O)c4cccc5ncc(F)nc45)C3)n2-c2ccccc2F)nc1. The molecule has 1 fully saturated rings. The molecule has 5 aromatic rings. The van der Waals surface area contributed by atoms with Gasteiger partial charge in [0.05, 0.1) is 35.8 Å². The summed E-state index contributed by atoms with van der Waals surface area (Å²) in [5.41, 5.74) is 1.73. The maximum atomic E-state index is 15.0. The monoisotopic (exact) mass is 527 g/mol. The summed E-state index contributed by atoms with van der Waals surface area (Å²) in [6.07, 6.45) is 3.75. The molecule has 9 nitrogen and oxygen atoms in total. The molecule has 39 heavy (non-hydrogen) atoms. The Bertz CT molecular complexity index is 1670. The van der Waals surface area contributed by atoms with Crippen molar-refractivity contribution in [3.63, 3.8) is 0 Å². The van der Waals surface area contributed by atoms with Crippen molar-refractivity contribution < 1.29 is 18.3 Å². The number of pyridine rings is 1. The first-order chi connectivity index (χ1) is 19.0. The number of ether oxygens (including phenoxy) is 1. The van der Waals surface area contributed by atoms with E-state index in [1.165, 1.54) is 6.07 Å². The van der Waals surface area contributed by atoms with Crippen molar-refractivity contribution in [2.75, 3.05) is 6.61 Å². The highest BCUT2D eigenvalue weighted by atomic mass is 19.1. The maximum absolute atomic E-state index is 15.0. The summed E-state index contributed by atoms with van der Waals surface area (Å²) >= 11 is 0. The van der Waals surface area contributed by atoms with E-state index >= 15 is 0 Å². The first kappa shape index (κ1) is 24.5. The lowest BCUT2D eigenvalue weighted by molar-refractivity contribution is 0.0908. The van der Waals surface area contributed by atoms with Crippen LogP contribution in [0.4, 0.5) is 8.78 Å². The van der Waals surface area contributed by atoms with Gasteiger partial charge in [0.25, 0.3) is 5.91 Å². The van der Waals surface area contributed by atoms with Crippen molar-refractivity contribution in [1.29, 1.82) is 0 Å². The summed E-state index contributed by atoms with van der Waals surface area (Å²) in [7, 11) is 0. The average molecular weight is 528 g/mol. The predicted molar refractivity (Wildman–Crippen MR) is 138 cm³/mol. The molecule has 1 aliphatic rings. The summed E-state index contributed by atoms with van der Waals surface area (Å²) in [6, 6.07) is 14.7. The number of para-hydroxylation sites is 2. The standard InChI is InChI=1S/C28H23F2N7O2/c1-2-39-18-10-11-22(31-14-18)27-36-35-26(37(27)23-9-4-3-7-20(23)29)16-12-17(13-16)33-28(38)19-6-5-8-21-25(19)34-24(30)15-32-21/h3-11,14-17H,2,12-13H2,1H3,(H,33,38). The van der Waals surface area contributed by atoms with Crippen LogP contribution >= 0.6 is 0 Å². The Kier molecular flexibility index (Phi) is 6.39. The molecule has 0 saturated heterocycles. The van der Waals surface area contributed by atoms with Crippen molar-refractivity contribution >= 4 is 16.9 Å². The number of amides is 1.